The number of thiocarbonyl (C=S) groups is 1. The van der Waals surface area contributed by atoms with Gasteiger partial charge in [-0.25, -0.2) is 13.1 Å². The number of aryl methyl sites for hydroxylation is 1. The van der Waals surface area contributed by atoms with Gasteiger partial charge in [0, 0.05) is 17.3 Å². The highest BCUT2D eigenvalue weighted by molar-refractivity contribution is 8.26. The molecule has 0 N–H and O–H groups in total. The Balaban J connectivity index is 1.54. The zero-order valence-corrected chi connectivity index (χ0v) is 22.6. The molecule has 2 aromatic carbocycles. The van der Waals surface area contributed by atoms with E-state index in [0.29, 0.717) is 27.9 Å². The molecule has 2 aliphatic heterocycles. The van der Waals surface area contributed by atoms with Crippen LogP contribution in [0.4, 0.5) is 0 Å². The van der Waals surface area contributed by atoms with Crippen molar-refractivity contribution in [1.29, 1.82) is 0 Å². The van der Waals surface area contributed by atoms with E-state index in [-0.39, 0.29) is 17.4 Å². The summed E-state index contributed by atoms with van der Waals surface area (Å²) in [5, 5.41) is 4.87. The van der Waals surface area contributed by atoms with Crippen molar-refractivity contribution in [2.24, 2.45) is 0 Å². The van der Waals surface area contributed by atoms with Gasteiger partial charge in [0.05, 0.1) is 28.1 Å². The van der Waals surface area contributed by atoms with Gasteiger partial charge >= 0.3 is 0 Å². The number of hydrogen-bond acceptors (Lipinski definition) is 7. The summed E-state index contributed by atoms with van der Waals surface area (Å²) >= 11 is 6.69. The molecule has 1 atom stereocenters. The van der Waals surface area contributed by atoms with Gasteiger partial charge in [0.25, 0.3) is 5.91 Å². The van der Waals surface area contributed by atoms with Crippen molar-refractivity contribution in [2.75, 3.05) is 18.1 Å². The number of thioether (sulfide) groups is 1. The molecular weight excluding hydrogens is 527 g/mol. The summed E-state index contributed by atoms with van der Waals surface area (Å²) in [6.45, 7) is 6.09. The molecule has 3 heterocycles. The third kappa shape index (κ3) is 5.27. The van der Waals surface area contributed by atoms with Crippen LogP contribution in [-0.2, 0) is 14.6 Å². The van der Waals surface area contributed by atoms with Crippen LogP contribution in [0.15, 0.2) is 72.3 Å². The molecule has 0 saturated carbocycles. The number of sulfone groups is 1. The first-order valence-corrected chi connectivity index (χ1v) is 14.8. The number of rotatable bonds is 7. The zero-order chi connectivity index (χ0) is 26.2. The Morgan fingerprint density at radius 3 is 2.70 bits per heavy atom. The Hall–Kier alpha value is -3.21. The van der Waals surface area contributed by atoms with Crippen molar-refractivity contribution in [2.45, 2.75) is 19.4 Å². The summed E-state index contributed by atoms with van der Waals surface area (Å²) in [6.07, 6.45) is 5.78. The molecule has 7 nitrogen and oxygen atoms in total. The maximum absolute atomic E-state index is 13.4. The van der Waals surface area contributed by atoms with Gasteiger partial charge in [-0.15, -0.1) is 0 Å². The van der Waals surface area contributed by atoms with Crippen LogP contribution >= 0.6 is 24.0 Å². The standard InChI is InChI=1S/C27H25N3O4S3/c1-3-12-34-22-9-10-23(18(2)14-22)25-19(16-29(28-25)20-7-5-4-6-8-20)15-24-26(31)30(27(35)36-24)21-11-13-37(32,33)17-21/h3-10,14-16,21H,1,11-13,17H2,2H3/b24-15-. The lowest BCUT2D eigenvalue weighted by Crippen LogP contribution is -2.39. The van der Waals surface area contributed by atoms with Crippen molar-refractivity contribution in [1.82, 2.24) is 14.7 Å². The first-order chi connectivity index (χ1) is 17.8. The number of aromatic nitrogens is 2. The number of nitrogens with zero attached hydrogens (tertiary/aromatic N) is 3. The molecule has 2 fully saturated rings. The van der Waals surface area contributed by atoms with E-state index < -0.39 is 15.9 Å². The average Bonchev–Trinajstić information content (AvgIpc) is 3.53. The van der Waals surface area contributed by atoms with E-state index in [1.165, 1.54) is 16.7 Å². The molecule has 2 aliphatic rings. The van der Waals surface area contributed by atoms with Crippen LogP contribution in [0.3, 0.4) is 0 Å². The molecule has 3 aromatic rings. The highest BCUT2D eigenvalue weighted by Gasteiger charge is 2.42. The predicted molar refractivity (Wildman–Crippen MR) is 151 cm³/mol. The van der Waals surface area contributed by atoms with E-state index in [9.17, 15) is 13.2 Å². The van der Waals surface area contributed by atoms with Gasteiger partial charge in [0.1, 0.15) is 22.4 Å². The van der Waals surface area contributed by atoms with Gasteiger partial charge in [0.15, 0.2) is 9.84 Å². The van der Waals surface area contributed by atoms with Crippen molar-refractivity contribution < 1.29 is 17.9 Å². The molecule has 10 heteroatoms. The van der Waals surface area contributed by atoms with Crippen LogP contribution in [0.2, 0.25) is 0 Å². The fourth-order valence-electron chi connectivity index (χ4n) is 4.48. The number of amides is 1. The van der Waals surface area contributed by atoms with E-state index in [0.717, 1.165) is 28.1 Å². The first kappa shape index (κ1) is 25.4. The highest BCUT2D eigenvalue weighted by Crippen LogP contribution is 2.38. The summed E-state index contributed by atoms with van der Waals surface area (Å²) in [4.78, 5) is 15.3. The second-order valence-electron chi connectivity index (χ2n) is 8.90. The van der Waals surface area contributed by atoms with E-state index in [1.807, 2.05) is 61.7 Å². The lowest BCUT2D eigenvalue weighted by Gasteiger charge is -2.20. The van der Waals surface area contributed by atoms with E-state index >= 15 is 0 Å². The second kappa shape index (κ2) is 10.3. The fourth-order valence-corrected chi connectivity index (χ4v) is 7.57. The fraction of sp³-hybridized carbons (Fsp3) is 0.222. The minimum atomic E-state index is -3.15. The number of carbonyl (C=O) groups excluding carboxylic acids is 1. The first-order valence-electron chi connectivity index (χ1n) is 11.7. The van der Waals surface area contributed by atoms with Gasteiger partial charge in [-0.1, -0.05) is 54.8 Å². The van der Waals surface area contributed by atoms with Crippen molar-refractivity contribution in [3.05, 3.63) is 83.4 Å². The molecule has 0 aliphatic carbocycles. The number of carbonyl (C=O) groups is 1. The lowest BCUT2D eigenvalue weighted by atomic mass is 10.0. The molecule has 1 unspecified atom stereocenters. The molecule has 0 bridgehead atoms. The van der Waals surface area contributed by atoms with Crippen LogP contribution in [-0.4, -0.2) is 57.5 Å². The third-order valence-electron chi connectivity index (χ3n) is 6.27. The quantitative estimate of drug-likeness (QED) is 0.237. The minimum absolute atomic E-state index is 0.0522. The third-order valence-corrected chi connectivity index (χ3v) is 9.35. The Bertz CT molecular complexity index is 1530. The lowest BCUT2D eigenvalue weighted by molar-refractivity contribution is -0.123. The Morgan fingerprint density at radius 2 is 2.03 bits per heavy atom. The molecule has 1 aromatic heterocycles. The zero-order valence-electron chi connectivity index (χ0n) is 20.2. The highest BCUT2D eigenvalue weighted by atomic mass is 32.2. The van der Waals surface area contributed by atoms with Crippen LogP contribution in [0, 0.1) is 6.92 Å². The molecule has 0 radical (unpaired) electrons. The predicted octanol–water partition coefficient (Wildman–Crippen LogP) is 4.80. The van der Waals surface area contributed by atoms with Crippen molar-refractivity contribution in [3.63, 3.8) is 0 Å². The Labute approximate surface area is 225 Å². The summed E-state index contributed by atoms with van der Waals surface area (Å²) < 4.78 is 31.9. The van der Waals surface area contributed by atoms with Gasteiger partial charge in [-0.2, -0.15) is 5.10 Å². The maximum atomic E-state index is 13.4. The molecular formula is C27H25N3O4S3. The van der Waals surface area contributed by atoms with Gasteiger partial charge < -0.3 is 4.74 Å². The molecule has 190 valence electrons. The Kier molecular flexibility index (Phi) is 7.06. The average molecular weight is 552 g/mol. The van der Waals surface area contributed by atoms with Gasteiger partial charge in [-0.05, 0) is 55.3 Å². The van der Waals surface area contributed by atoms with Crippen LogP contribution in [0.5, 0.6) is 5.75 Å². The number of ether oxygens (including phenoxy) is 1. The minimum Gasteiger partial charge on any atom is -0.490 e. The molecule has 0 spiro atoms. The SMILES string of the molecule is C=CCOc1ccc(-c2nn(-c3ccccc3)cc2/C=C2\SC(=S)N(C3CCS(=O)(=O)C3)C2=O)c(C)c1. The monoisotopic (exact) mass is 551 g/mol. The molecule has 1 amide bonds. The molecule has 37 heavy (non-hydrogen) atoms. The topological polar surface area (TPSA) is 81.5 Å². The van der Waals surface area contributed by atoms with E-state index in [4.69, 9.17) is 22.1 Å². The van der Waals surface area contributed by atoms with E-state index in [2.05, 4.69) is 6.58 Å². The van der Waals surface area contributed by atoms with E-state index in [1.54, 1.807) is 16.8 Å². The normalized spacial score (nSPS) is 20.1. The number of benzene rings is 2. The summed E-state index contributed by atoms with van der Waals surface area (Å²) in [5.74, 6) is 0.495. The number of para-hydroxylation sites is 1. The van der Waals surface area contributed by atoms with Crippen LogP contribution in [0.25, 0.3) is 23.0 Å². The Morgan fingerprint density at radius 1 is 1.24 bits per heavy atom. The summed E-state index contributed by atoms with van der Waals surface area (Å²) in [6, 6.07) is 15.1. The van der Waals surface area contributed by atoms with Crippen molar-refractivity contribution >= 4 is 50.1 Å². The summed E-state index contributed by atoms with van der Waals surface area (Å²) in [7, 11) is -3.15. The smallest absolute Gasteiger partial charge is 0.266 e. The number of hydrogen-bond donors (Lipinski definition) is 0. The van der Waals surface area contributed by atoms with Gasteiger partial charge in [0.2, 0.25) is 0 Å². The molecule has 5 rings (SSSR count). The van der Waals surface area contributed by atoms with Crippen LogP contribution < -0.4 is 4.74 Å². The van der Waals surface area contributed by atoms with Crippen LogP contribution in [0.1, 0.15) is 17.5 Å². The van der Waals surface area contributed by atoms with Gasteiger partial charge in [-0.3, -0.25) is 9.69 Å². The second-order valence-corrected chi connectivity index (χ2v) is 12.8. The van der Waals surface area contributed by atoms with Crippen molar-refractivity contribution in [3.8, 4) is 22.7 Å². The maximum Gasteiger partial charge on any atom is 0.266 e. The summed E-state index contributed by atoms with van der Waals surface area (Å²) in [5.41, 5.74) is 4.23. The molecule has 2 saturated heterocycles. The largest absolute Gasteiger partial charge is 0.490 e.